The summed E-state index contributed by atoms with van der Waals surface area (Å²) in [5.74, 6) is -0.240. The van der Waals surface area contributed by atoms with Crippen LogP contribution in [0.2, 0.25) is 0 Å². The normalized spacial score (nSPS) is 10.5. The van der Waals surface area contributed by atoms with E-state index in [1.807, 2.05) is 11.4 Å². The number of benzene rings is 2. The monoisotopic (exact) mass is 392 g/mol. The van der Waals surface area contributed by atoms with Crippen molar-refractivity contribution in [1.82, 2.24) is 5.32 Å². The number of anilines is 1. The zero-order chi connectivity index (χ0) is 19.9. The summed E-state index contributed by atoms with van der Waals surface area (Å²) in [6, 6.07) is 17.0. The molecule has 1 aromatic heterocycles. The predicted octanol–water partition coefficient (Wildman–Crippen LogP) is 4.98. The zero-order valence-corrected chi connectivity index (χ0v) is 16.9. The van der Waals surface area contributed by atoms with E-state index in [2.05, 4.69) is 42.7 Å². The lowest BCUT2D eigenvalue weighted by atomic mass is 10.0. The quantitative estimate of drug-likeness (QED) is 0.557. The molecule has 0 saturated carbocycles. The maximum Gasteiger partial charge on any atom is 0.265 e. The van der Waals surface area contributed by atoms with Crippen molar-refractivity contribution in [3.05, 3.63) is 87.1 Å². The summed E-state index contributed by atoms with van der Waals surface area (Å²) in [7, 11) is 0. The van der Waals surface area contributed by atoms with Crippen LogP contribution in [0.4, 0.5) is 5.69 Å². The van der Waals surface area contributed by atoms with E-state index in [0.29, 0.717) is 22.7 Å². The van der Waals surface area contributed by atoms with Crippen molar-refractivity contribution < 1.29 is 9.59 Å². The van der Waals surface area contributed by atoms with Gasteiger partial charge in [0.2, 0.25) is 0 Å². The third-order valence-electron chi connectivity index (χ3n) is 4.56. The third kappa shape index (κ3) is 5.30. The minimum Gasteiger partial charge on any atom is -0.352 e. The standard InChI is InChI=1S/C23H24N2O2S/c1-16-7-8-18(17(2)15-16)5-3-13-24-22(26)19-9-11-20(12-10-19)25-23(27)21-6-4-14-28-21/h4,6-12,14-15H,3,5,13H2,1-2H3,(H,24,26)(H,25,27). The molecule has 0 atom stereocenters. The lowest BCUT2D eigenvalue weighted by molar-refractivity contribution is 0.0952. The Kier molecular flexibility index (Phi) is 6.61. The first-order valence-electron chi connectivity index (χ1n) is 9.32. The van der Waals surface area contributed by atoms with Crippen molar-refractivity contribution in [2.75, 3.05) is 11.9 Å². The van der Waals surface area contributed by atoms with E-state index in [1.165, 1.54) is 28.0 Å². The maximum atomic E-state index is 12.3. The maximum absolute atomic E-state index is 12.3. The van der Waals surface area contributed by atoms with Crippen LogP contribution in [-0.2, 0) is 6.42 Å². The number of nitrogens with one attached hydrogen (secondary N) is 2. The summed E-state index contributed by atoms with van der Waals surface area (Å²) in [4.78, 5) is 25.0. The van der Waals surface area contributed by atoms with Crippen molar-refractivity contribution in [1.29, 1.82) is 0 Å². The number of thiophene rings is 1. The number of carbonyl (C=O) groups is 2. The van der Waals surface area contributed by atoms with Crippen LogP contribution in [0, 0.1) is 13.8 Å². The van der Waals surface area contributed by atoms with Crippen molar-refractivity contribution in [3.63, 3.8) is 0 Å². The van der Waals surface area contributed by atoms with Gasteiger partial charge >= 0.3 is 0 Å². The van der Waals surface area contributed by atoms with Gasteiger partial charge in [-0.15, -0.1) is 11.3 Å². The van der Waals surface area contributed by atoms with Crippen LogP contribution in [0.5, 0.6) is 0 Å². The molecule has 0 aliphatic heterocycles. The average molecular weight is 393 g/mol. The van der Waals surface area contributed by atoms with Crippen molar-refractivity contribution in [3.8, 4) is 0 Å². The predicted molar refractivity (Wildman–Crippen MR) is 115 cm³/mol. The SMILES string of the molecule is Cc1ccc(CCCNC(=O)c2ccc(NC(=O)c3cccs3)cc2)c(C)c1. The number of amides is 2. The van der Waals surface area contributed by atoms with Gasteiger partial charge in [0.15, 0.2) is 0 Å². The molecule has 0 unspecified atom stereocenters. The molecule has 0 bridgehead atoms. The summed E-state index contributed by atoms with van der Waals surface area (Å²) in [6.45, 7) is 4.85. The summed E-state index contributed by atoms with van der Waals surface area (Å²) in [5.41, 5.74) is 5.15. The molecular weight excluding hydrogens is 368 g/mol. The molecule has 2 amide bonds. The van der Waals surface area contributed by atoms with Gasteiger partial charge in [-0.3, -0.25) is 9.59 Å². The molecule has 2 N–H and O–H groups in total. The Morgan fingerprint density at radius 2 is 1.75 bits per heavy atom. The average Bonchev–Trinajstić information content (AvgIpc) is 3.22. The Labute approximate surface area is 169 Å². The van der Waals surface area contributed by atoms with E-state index in [0.717, 1.165) is 12.8 Å². The van der Waals surface area contributed by atoms with Crippen LogP contribution < -0.4 is 10.6 Å². The molecule has 2 aromatic carbocycles. The number of carbonyl (C=O) groups excluding carboxylic acids is 2. The molecule has 5 heteroatoms. The van der Waals surface area contributed by atoms with Gasteiger partial charge in [0, 0.05) is 17.8 Å². The minimum absolute atomic E-state index is 0.100. The van der Waals surface area contributed by atoms with E-state index in [9.17, 15) is 9.59 Å². The second-order valence-corrected chi connectivity index (χ2v) is 7.75. The lowest BCUT2D eigenvalue weighted by Gasteiger charge is -2.09. The first-order chi connectivity index (χ1) is 13.5. The first kappa shape index (κ1) is 19.8. The van der Waals surface area contributed by atoms with E-state index in [1.54, 1.807) is 30.3 Å². The summed E-state index contributed by atoms with van der Waals surface area (Å²) < 4.78 is 0. The van der Waals surface area contributed by atoms with E-state index >= 15 is 0 Å². The molecule has 3 aromatic rings. The number of hydrogen-bond donors (Lipinski definition) is 2. The Balaban J connectivity index is 1.46. The fourth-order valence-corrected chi connectivity index (χ4v) is 3.63. The third-order valence-corrected chi connectivity index (χ3v) is 5.43. The number of rotatable bonds is 7. The minimum atomic E-state index is -0.140. The van der Waals surface area contributed by atoms with E-state index in [-0.39, 0.29) is 11.8 Å². The van der Waals surface area contributed by atoms with E-state index < -0.39 is 0 Å². The Hall–Kier alpha value is -2.92. The van der Waals surface area contributed by atoms with Crippen LogP contribution in [0.1, 0.15) is 43.1 Å². The van der Waals surface area contributed by atoms with Gasteiger partial charge in [-0.2, -0.15) is 0 Å². The summed E-state index contributed by atoms with van der Waals surface area (Å²) >= 11 is 1.39. The molecule has 0 radical (unpaired) electrons. The first-order valence-corrected chi connectivity index (χ1v) is 10.2. The van der Waals surface area contributed by atoms with Crippen LogP contribution in [0.25, 0.3) is 0 Å². The summed E-state index contributed by atoms with van der Waals surface area (Å²) in [5, 5.41) is 7.65. The fourth-order valence-electron chi connectivity index (χ4n) is 3.01. The molecular formula is C23H24N2O2S. The highest BCUT2D eigenvalue weighted by molar-refractivity contribution is 7.12. The van der Waals surface area contributed by atoms with Crippen LogP contribution in [-0.4, -0.2) is 18.4 Å². The summed E-state index contributed by atoms with van der Waals surface area (Å²) in [6.07, 6.45) is 1.84. The van der Waals surface area contributed by atoms with Gasteiger partial charge in [0.05, 0.1) is 4.88 Å². The highest BCUT2D eigenvalue weighted by atomic mass is 32.1. The topological polar surface area (TPSA) is 58.2 Å². The van der Waals surface area contributed by atoms with Gasteiger partial charge in [0.25, 0.3) is 11.8 Å². The molecule has 3 rings (SSSR count). The Morgan fingerprint density at radius 3 is 2.43 bits per heavy atom. The van der Waals surface area contributed by atoms with Crippen LogP contribution in [0.15, 0.2) is 60.0 Å². The van der Waals surface area contributed by atoms with Gasteiger partial charge < -0.3 is 10.6 Å². The molecule has 0 aliphatic rings. The van der Waals surface area contributed by atoms with Gasteiger partial charge in [-0.1, -0.05) is 29.8 Å². The van der Waals surface area contributed by atoms with Gasteiger partial charge in [-0.25, -0.2) is 0 Å². The molecule has 1 heterocycles. The molecule has 28 heavy (non-hydrogen) atoms. The van der Waals surface area contributed by atoms with Crippen LogP contribution >= 0.6 is 11.3 Å². The van der Waals surface area contributed by atoms with Gasteiger partial charge in [-0.05, 0) is 73.5 Å². The molecule has 144 valence electrons. The molecule has 4 nitrogen and oxygen atoms in total. The lowest BCUT2D eigenvalue weighted by Crippen LogP contribution is -2.24. The van der Waals surface area contributed by atoms with Crippen molar-refractivity contribution in [2.45, 2.75) is 26.7 Å². The highest BCUT2D eigenvalue weighted by Gasteiger charge is 2.09. The van der Waals surface area contributed by atoms with Crippen molar-refractivity contribution >= 4 is 28.8 Å². The Bertz CT molecular complexity index is 947. The molecule has 0 saturated heterocycles. The Morgan fingerprint density at radius 1 is 0.964 bits per heavy atom. The molecule has 0 spiro atoms. The molecule has 0 aliphatic carbocycles. The second kappa shape index (κ2) is 9.33. The fraction of sp³-hybridized carbons (Fsp3) is 0.217. The zero-order valence-electron chi connectivity index (χ0n) is 16.1. The molecule has 0 fully saturated rings. The van der Waals surface area contributed by atoms with Crippen LogP contribution in [0.3, 0.4) is 0 Å². The number of aryl methyl sites for hydroxylation is 3. The van der Waals surface area contributed by atoms with E-state index in [4.69, 9.17) is 0 Å². The highest BCUT2D eigenvalue weighted by Crippen LogP contribution is 2.15. The number of hydrogen-bond acceptors (Lipinski definition) is 3. The second-order valence-electron chi connectivity index (χ2n) is 6.80. The smallest absolute Gasteiger partial charge is 0.265 e. The van der Waals surface area contributed by atoms with Crippen molar-refractivity contribution in [2.24, 2.45) is 0 Å². The van der Waals surface area contributed by atoms with Gasteiger partial charge in [0.1, 0.15) is 0 Å². The largest absolute Gasteiger partial charge is 0.352 e.